The molecule has 0 saturated heterocycles. The van der Waals surface area contributed by atoms with Crippen molar-refractivity contribution in [3.63, 3.8) is 0 Å². The minimum Gasteiger partial charge on any atom is -0.508 e. The quantitative estimate of drug-likeness (QED) is 0.767. The Hall–Kier alpha value is -2.33. The number of carbonyl (C=O) groups is 1. The molecule has 4 heteroatoms. The number of rotatable bonds is 6. The summed E-state index contributed by atoms with van der Waals surface area (Å²) in [6.45, 7) is 1.91. The molecular weight excluding hydrogens is 278 g/mol. The molecule has 0 heterocycles. The number of aryl methyl sites for hydroxylation is 1. The molecule has 22 heavy (non-hydrogen) atoms. The Balaban J connectivity index is 2.03. The van der Waals surface area contributed by atoms with Gasteiger partial charge in [0, 0.05) is 5.56 Å². The number of nitrogens with one attached hydrogen (secondary N) is 1. The predicted octanol–water partition coefficient (Wildman–Crippen LogP) is 2.35. The Kier molecular flexibility index (Phi) is 5.55. The van der Waals surface area contributed by atoms with Gasteiger partial charge in [0.25, 0.3) is 0 Å². The van der Waals surface area contributed by atoms with E-state index >= 15 is 0 Å². The number of hydrogen-bond donors (Lipinski definition) is 3. The van der Waals surface area contributed by atoms with Gasteiger partial charge in [-0.1, -0.05) is 49.4 Å². The molecular formula is C18H21NO3. The van der Waals surface area contributed by atoms with E-state index in [1.807, 2.05) is 24.3 Å². The minimum atomic E-state index is -0.440. The van der Waals surface area contributed by atoms with E-state index in [0.29, 0.717) is 5.56 Å². The minimum absolute atomic E-state index is 0.0796. The molecule has 2 aromatic rings. The molecule has 0 saturated carbocycles. The van der Waals surface area contributed by atoms with Gasteiger partial charge in [-0.3, -0.25) is 4.79 Å². The molecule has 0 aliphatic carbocycles. The van der Waals surface area contributed by atoms with Crippen LogP contribution in [-0.2, 0) is 17.6 Å². The smallest absolute Gasteiger partial charge is 0.225 e. The van der Waals surface area contributed by atoms with Crippen molar-refractivity contribution in [3.8, 4) is 5.75 Å². The maximum absolute atomic E-state index is 12.1. The van der Waals surface area contributed by atoms with E-state index in [2.05, 4.69) is 12.2 Å². The number of carbonyl (C=O) groups excluding carboxylic acids is 1. The van der Waals surface area contributed by atoms with Crippen molar-refractivity contribution < 1.29 is 15.0 Å². The zero-order chi connectivity index (χ0) is 15.9. The first-order chi connectivity index (χ1) is 10.6. The van der Waals surface area contributed by atoms with E-state index in [4.69, 9.17) is 0 Å². The fraction of sp³-hybridized carbons (Fsp3) is 0.278. The summed E-state index contributed by atoms with van der Waals surface area (Å²) in [5.41, 5.74) is 2.64. The number of benzene rings is 2. The van der Waals surface area contributed by atoms with Crippen molar-refractivity contribution in [1.29, 1.82) is 0 Å². The molecule has 2 rings (SSSR count). The average molecular weight is 299 g/mol. The van der Waals surface area contributed by atoms with Crippen LogP contribution in [0, 0.1) is 0 Å². The van der Waals surface area contributed by atoms with Crippen LogP contribution in [0.3, 0.4) is 0 Å². The van der Waals surface area contributed by atoms with Crippen LogP contribution in [0.4, 0.5) is 0 Å². The molecule has 1 amide bonds. The van der Waals surface area contributed by atoms with E-state index in [-0.39, 0.29) is 24.7 Å². The maximum Gasteiger partial charge on any atom is 0.225 e. The topological polar surface area (TPSA) is 69.6 Å². The van der Waals surface area contributed by atoms with Gasteiger partial charge in [0.1, 0.15) is 5.75 Å². The normalized spacial score (nSPS) is 11.9. The molecule has 0 spiro atoms. The highest BCUT2D eigenvalue weighted by molar-refractivity contribution is 5.79. The lowest BCUT2D eigenvalue weighted by atomic mass is 10.0. The fourth-order valence-electron chi connectivity index (χ4n) is 2.30. The molecule has 2 aromatic carbocycles. The lowest BCUT2D eigenvalue weighted by Gasteiger charge is -2.17. The Bertz CT molecular complexity index is 622. The van der Waals surface area contributed by atoms with E-state index in [9.17, 15) is 15.0 Å². The van der Waals surface area contributed by atoms with Gasteiger partial charge in [0.05, 0.1) is 19.1 Å². The molecule has 0 aliphatic heterocycles. The van der Waals surface area contributed by atoms with Gasteiger partial charge < -0.3 is 15.5 Å². The summed E-state index contributed by atoms with van der Waals surface area (Å²) in [6.07, 6.45) is 1.03. The van der Waals surface area contributed by atoms with Gasteiger partial charge in [0.15, 0.2) is 0 Å². The summed E-state index contributed by atoms with van der Waals surface area (Å²) in [5, 5.41) is 22.0. The van der Waals surface area contributed by atoms with Crippen LogP contribution < -0.4 is 5.32 Å². The van der Waals surface area contributed by atoms with Gasteiger partial charge >= 0.3 is 0 Å². The van der Waals surface area contributed by atoms with Gasteiger partial charge in [-0.25, -0.2) is 0 Å². The first-order valence-corrected chi connectivity index (χ1v) is 7.40. The zero-order valence-electron chi connectivity index (χ0n) is 12.6. The van der Waals surface area contributed by atoms with Crippen molar-refractivity contribution in [3.05, 3.63) is 65.2 Å². The molecule has 0 radical (unpaired) electrons. The van der Waals surface area contributed by atoms with Crippen LogP contribution in [0.1, 0.15) is 29.7 Å². The second kappa shape index (κ2) is 7.61. The standard InChI is InChI=1S/C18H21NO3/c1-2-13-7-9-14(10-8-13)16(12-20)19-18(22)11-15-5-3-4-6-17(15)21/h3-10,16,20-21H,2,11-12H2,1H3,(H,19,22). The number of aromatic hydroxyl groups is 1. The van der Waals surface area contributed by atoms with E-state index in [1.54, 1.807) is 24.3 Å². The summed E-state index contributed by atoms with van der Waals surface area (Å²) >= 11 is 0. The Morgan fingerprint density at radius 1 is 1.14 bits per heavy atom. The average Bonchev–Trinajstić information content (AvgIpc) is 2.55. The summed E-state index contributed by atoms with van der Waals surface area (Å²) in [7, 11) is 0. The highest BCUT2D eigenvalue weighted by atomic mass is 16.3. The SMILES string of the molecule is CCc1ccc(C(CO)NC(=O)Cc2ccccc2O)cc1. The molecule has 0 aliphatic rings. The number of phenolic OH excluding ortho intramolecular Hbond substituents is 1. The third-order valence-electron chi connectivity index (χ3n) is 3.65. The molecule has 1 atom stereocenters. The number of aliphatic hydroxyl groups excluding tert-OH is 1. The van der Waals surface area contributed by atoms with Crippen LogP contribution in [0.2, 0.25) is 0 Å². The summed E-state index contributed by atoms with van der Waals surface area (Å²) < 4.78 is 0. The molecule has 116 valence electrons. The van der Waals surface area contributed by atoms with Gasteiger partial charge in [-0.2, -0.15) is 0 Å². The van der Waals surface area contributed by atoms with Crippen LogP contribution in [-0.4, -0.2) is 22.7 Å². The highest BCUT2D eigenvalue weighted by Crippen LogP contribution is 2.18. The van der Waals surface area contributed by atoms with Crippen molar-refractivity contribution in [2.24, 2.45) is 0 Å². The number of aliphatic hydroxyl groups is 1. The lowest BCUT2D eigenvalue weighted by molar-refractivity contribution is -0.121. The van der Waals surface area contributed by atoms with Crippen molar-refractivity contribution in [2.75, 3.05) is 6.61 Å². The first-order valence-electron chi connectivity index (χ1n) is 7.40. The van der Waals surface area contributed by atoms with Crippen molar-refractivity contribution in [2.45, 2.75) is 25.8 Å². The van der Waals surface area contributed by atoms with Crippen LogP contribution in [0.5, 0.6) is 5.75 Å². The number of hydrogen-bond acceptors (Lipinski definition) is 3. The lowest BCUT2D eigenvalue weighted by Crippen LogP contribution is -2.32. The third kappa shape index (κ3) is 4.09. The molecule has 3 N–H and O–H groups in total. The van der Waals surface area contributed by atoms with Gasteiger partial charge in [0.2, 0.25) is 5.91 Å². The van der Waals surface area contributed by atoms with Gasteiger partial charge in [-0.15, -0.1) is 0 Å². The Morgan fingerprint density at radius 2 is 1.82 bits per heavy atom. The first kappa shape index (κ1) is 16.0. The monoisotopic (exact) mass is 299 g/mol. The second-order valence-corrected chi connectivity index (χ2v) is 5.20. The second-order valence-electron chi connectivity index (χ2n) is 5.20. The Morgan fingerprint density at radius 3 is 2.41 bits per heavy atom. The van der Waals surface area contributed by atoms with E-state index < -0.39 is 6.04 Å². The number of phenols is 1. The van der Waals surface area contributed by atoms with Crippen molar-refractivity contribution in [1.82, 2.24) is 5.32 Å². The third-order valence-corrected chi connectivity index (χ3v) is 3.65. The number of amides is 1. The highest BCUT2D eigenvalue weighted by Gasteiger charge is 2.15. The van der Waals surface area contributed by atoms with E-state index in [0.717, 1.165) is 12.0 Å². The van der Waals surface area contributed by atoms with Crippen LogP contribution >= 0.6 is 0 Å². The molecule has 0 fully saturated rings. The fourth-order valence-corrected chi connectivity index (χ4v) is 2.30. The number of para-hydroxylation sites is 1. The Labute approximate surface area is 130 Å². The summed E-state index contributed by atoms with van der Waals surface area (Å²) in [5.74, 6) is -0.134. The van der Waals surface area contributed by atoms with Crippen LogP contribution in [0.15, 0.2) is 48.5 Å². The summed E-state index contributed by atoms with van der Waals surface area (Å²) in [4.78, 5) is 12.1. The largest absolute Gasteiger partial charge is 0.508 e. The predicted molar refractivity (Wildman–Crippen MR) is 85.6 cm³/mol. The van der Waals surface area contributed by atoms with Crippen molar-refractivity contribution >= 4 is 5.91 Å². The van der Waals surface area contributed by atoms with E-state index in [1.165, 1.54) is 5.56 Å². The molecule has 0 bridgehead atoms. The van der Waals surface area contributed by atoms with Crippen LogP contribution in [0.25, 0.3) is 0 Å². The molecule has 0 aromatic heterocycles. The van der Waals surface area contributed by atoms with Gasteiger partial charge in [-0.05, 0) is 23.6 Å². The maximum atomic E-state index is 12.1. The summed E-state index contributed by atoms with van der Waals surface area (Å²) in [6, 6.07) is 14.1. The molecule has 4 nitrogen and oxygen atoms in total. The zero-order valence-corrected chi connectivity index (χ0v) is 12.6. The molecule has 1 unspecified atom stereocenters.